The van der Waals surface area contributed by atoms with Crippen molar-refractivity contribution >= 4 is 40.3 Å². The topological polar surface area (TPSA) is 91.8 Å². The number of carboxylic acid groups (broad SMARTS) is 1. The van der Waals surface area contributed by atoms with Crippen molar-refractivity contribution in [2.45, 2.75) is 19.3 Å². The van der Waals surface area contributed by atoms with Gasteiger partial charge < -0.3 is 24.7 Å². The summed E-state index contributed by atoms with van der Waals surface area (Å²) in [6.07, 6.45) is 1.11. The maximum Gasteiger partial charge on any atom is 0.512 e. The lowest BCUT2D eigenvalue weighted by Crippen LogP contribution is -2.02. The Hall–Kier alpha value is -2.57. The van der Waals surface area contributed by atoms with Gasteiger partial charge in [0.25, 0.3) is 0 Å². The van der Waals surface area contributed by atoms with Crippen molar-refractivity contribution in [1.29, 1.82) is 0 Å². The number of hydrogen-bond acceptors (Lipinski definition) is 4. The third-order valence-corrected chi connectivity index (χ3v) is 5.03. The number of aromatic hydroxyl groups is 1. The molecule has 4 rings (SSSR count). The number of halogens is 2. The number of nitrogens with one attached hydrogen (secondary N) is 1. The van der Waals surface area contributed by atoms with Gasteiger partial charge in [0.05, 0.1) is 15.6 Å². The molecule has 3 N–H and O–H groups in total. The molecule has 0 aliphatic heterocycles. The van der Waals surface area contributed by atoms with Crippen LogP contribution in [0.15, 0.2) is 24.3 Å². The van der Waals surface area contributed by atoms with Crippen molar-refractivity contribution in [1.82, 2.24) is 4.98 Å². The molecule has 0 amide bonds. The van der Waals surface area contributed by atoms with Crippen molar-refractivity contribution in [3.8, 4) is 23.1 Å². The van der Waals surface area contributed by atoms with Crippen LogP contribution in [0, 0.1) is 0 Å². The smallest absolute Gasteiger partial charge is 0.508 e. The number of carbonyl (C=O) groups is 1. The Morgan fingerprint density at radius 2 is 1.92 bits per heavy atom. The highest BCUT2D eigenvalue weighted by Gasteiger charge is 2.22. The second kappa shape index (κ2) is 6.30. The Kier molecular flexibility index (Phi) is 4.09. The number of H-pyrrole nitrogens is 1. The third-order valence-electron chi connectivity index (χ3n) is 4.37. The molecule has 0 bridgehead atoms. The minimum atomic E-state index is -1.44. The van der Waals surface area contributed by atoms with Gasteiger partial charge >= 0.3 is 6.16 Å². The highest BCUT2D eigenvalue weighted by Crippen LogP contribution is 2.45. The van der Waals surface area contributed by atoms with Crippen LogP contribution in [-0.4, -0.2) is 21.4 Å². The number of fused-ring (bicyclic) bond motifs is 2. The minimum absolute atomic E-state index is 0.0353. The first-order valence-electron chi connectivity index (χ1n) is 7.87. The molecule has 0 radical (unpaired) electrons. The van der Waals surface area contributed by atoms with E-state index in [1.54, 1.807) is 18.2 Å². The molecular weight excluding hydrogens is 381 g/mol. The number of phenolic OH excluding ortho intramolecular Hbond substituents is 1. The molecule has 8 heteroatoms. The summed E-state index contributed by atoms with van der Waals surface area (Å²) >= 11 is 12.8. The molecule has 1 aromatic heterocycles. The summed E-state index contributed by atoms with van der Waals surface area (Å²) in [4.78, 5) is 13.5. The molecule has 0 saturated heterocycles. The third kappa shape index (κ3) is 2.81. The van der Waals surface area contributed by atoms with E-state index in [1.807, 2.05) is 0 Å². The molecule has 0 spiro atoms. The number of benzene rings is 2. The summed E-state index contributed by atoms with van der Waals surface area (Å²) in [6, 6.07) is 6.34. The number of rotatable bonds is 3. The standard InChI is InChI=1S/C18H13Cl2NO5/c19-11-7-12-10(6-15(21-12)26-18(23)24)16(20)17(11)25-14-5-4-13(22)8-2-1-3-9(8)14/h4-7,21-22H,1-3H2,(H,23,24). The van der Waals surface area contributed by atoms with Gasteiger partial charge in [-0.2, -0.15) is 0 Å². The molecule has 6 nitrogen and oxygen atoms in total. The summed E-state index contributed by atoms with van der Waals surface area (Å²) < 4.78 is 10.6. The number of aromatic nitrogens is 1. The van der Waals surface area contributed by atoms with Crippen molar-refractivity contribution in [3.63, 3.8) is 0 Å². The largest absolute Gasteiger partial charge is 0.512 e. The molecule has 26 heavy (non-hydrogen) atoms. The molecular formula is C18H13Cl2NO5. The summed E-state index contributed by atoms with van der Waals surface area (Å²) in [7, 11) is 0. The first-order valence-corrected chi connectivity index (χ1v) is 8.62. The normalized spacial score (nSPS) is 13.0. The summed E-state index contributed by atoms with van der Waals surface area (Å²) in [6.45, 7) is 0. The van der Waals surface area contributed by atoms with Crippen LogP contribution in [0.25, 0.3) is 10.9 Å². The van der Waals surface area contributed by atoms with E-state index in [2.05, 4.69) is 9.72 Å². The Bertz CT molecular complexity index is 1040. The van der Waals surface area contributed by atoms with Crippen LogP contribution in [-0.2, 0) is 12.8 Å². The van der Waals surface area contributed by atoms with Gasteiger partial charge in [-0.25, -0.2) is 4.79 Å². The van der Waals surface area contributed by atoms with E-state index in [9.17, 15) is 9.90 Å². The summed E-state index contributed by atoms with van der Waals surface area (Å²) in [5.74, 6) is 1.16. The Balaban J connectivity index is 1.78. The van der Waals surface area contributed by atoms with Crippen LogP contribution in [0.5, 0.6) is 23.1 Å². The van der Waals surface area contributed by atoms with Gasteiger partial charge in [0, 0.05) is 22.6 Å². The number of phenols is 1. The highest BCUT2D eigenvalue weighted by atomic mass is 35.5. The number of aromatic amines is 1. The van der Waals surface area contributed by atoms with Gasteiger partial charge in [0.2, 0.25) is 5.88 Å². The number of hydrogen-bond donors (Lipinski definition) is 3. The van der Waals surface area contributed by atoms with Crippen molar-refractivity contribution in [2.24, 2.45) is 0 Å². The van der Waals surface area contributed by atoms with Crippen LogP contribution >= 0.6 is 23.2 Å². The first kappa shape index (κ1) is 16.9. The lowest BCUT2D eigenvalue weighted by molar-refractivity contribution is 0.143. The van der Waals surface area contributed by atoms with Crippen molar-refractivity contribution in [3.05, 3.63) is 45.4 Å². The lowest BCUT2D eigenvalue weighted by atomic mass is 10.1. The van der Waals surface area contributed by atoms with Crippen molar-refractivity contribution in [2.75, 3.05) is 0 Å². The average molecular weight is 394 g/mol. The maximum atomic E-state index is 10.7. The van der Waals surface area contributed by atoms with E-state index in [4.69, 9.17) is 33.0 Å². The molecule has 3 aromatic rings. The predicted molar refractivity (Wildman–Crippen MR) is 97.2 cm³/mol. The lowest BCUT2D eigenvalue weighted by Gasteiger charge is -2.14. The van der Waals surface area contributed by atoms with E-state index < -0.39 is 6.16 Å². The molecule has 134 valence electrons. The highest BCUT2D eigenvalue weighted by molar-refractivity contribution is 6.41. The SMILES string of the molecule is O=C(O)Oc1cc2c(Cl)c(Oc3ccc(O)c4c3CCC4)c(Cl)cc2[nH]1. The molecule has 0 fully saturated rings. The summed E-state index contributed by atoms with van der Waals surface area (Å²) in [5.41, 5.74) is 2.36. The number of ether oxygens (including phenoxy) is 2. The average Bonchev–Trinajstić information content (AvgIpc) is 3.20. The molecule has 0 unspecified atom stereocenters. The second-order valence-corrected chi connectivity index (χ2v) is 6.75. The Morgan fingerprint density at radius 3 is 2.69 bits per heavy atom. The van der Waals surface area contributed by atoms with E-state index in [0.717, 1.165) is 30.4 Å². The zero-order valence-corrected chi connectivity index (χ0v) is 14.8. The van der Waals surface area contributed by atoms with E-state index in [1.165, 1.54) is 6.07 Å². The van der Waals surface area contributed by atoms with Gasteiger partial charge in [-0.3, -0.25) is 0 Å². The molecule has 2 aromatic carbocycles. The Morgan fingerprint density at radius 1 is 1.15 bits per heavy atom. The fourth-order valence-electron chi connectivity index (χ4n) is 3.26. The van der Waals surface area contributed by atoms with Gasteiger partial charge in [0.1, 0.15) is 11.5 Å². The van der Waals surface area contributed by atoms with Gasteiger partial charge in [0.15, 0.2) is 5.75 Å². The minimum Gasteiger partial charge on any atom is -0.508 e. The van der Waals surface area contributed by atoms with Gasteiger partial charge in [-0.15, -0.1) is 0 Å². The van der Waals surface area contributed by atoms with Crippen LogP contribution < -0.4 is 9.47 Å². The van der Waals surface area contributed by atoms with Crippen LogP contribution in [0.2, 0.25) is 10.0 Å². The summed E-state index contributed by atoms with van der Waals surface area (Å²) in [5, 5.41) is 19.7. The monoisotopic (exact) mass is 393 g/mol. The van der Waals surface area contributed by atoms with Crippen LogP contribution in [0.4, 0.5) is 4.79 Å². The second-order valence-electron chi connectivity index (χ2n) is 5.96. The van der Waals surface area contributed by atoms with Crippen LogP contribution in [0.1, 0.15) is 17.5 Å². The van der Waals surface area contributed by atoms with Gasteiger partial charge in [-0.1, -0.05) is 23.2 Å². The fraction of sp³-hybridized carbons (Fsp3) is 0.167. The quantitative estimate of drug-likeness (QED) is 0.509. The first-order chi connectivity index (χ1) is 12.4. The molecule has 0 saturated carbocycles. The maximum absolute atomic E-state index is 10.7. The van der Waals surface area contributed by atoms with Crippen molar-refractivity contribution < 1.29 is 24.5 Å². The van der Waals surface area contributed by atoms with E-state index in [0.29, 0.717) is 16.7 Å². The zero-order chi connectivity index (χ0) is 18.4. The molecule has 1 aliphatic carbocycles. The van der Waals surface area contributed by atoms with E-state index >= 15 is 0 Å². The predicted octanol–water partition coefficient (Wildman–Crippen LogP) is 5.52. The molecule has 0 atom stereocenters. The fourth-order valence-corrected chi connectivity index (χ4v) is 3.85. The molecule has 1 heterocycles. The molecule has 1 aliphatic rings. The van der Waals surface area contributed by atoms with Crippen LogP contribution in [0.3, 0.4) is 0 Å². The van der Waals surface area contributed by atoms with Gasteiger partial charge in [-0.05, 0) is 37.5 Å². The Labute approximate surface area is 157 Å². The zero-order valence-electron chi connectivity index (χ0n) is 13.3. The van der Waals surface area contributed by atoms with E-state index in [-0.39, 0.29) is 27.4 Å².